The van der Waals surface area contributed by atoms with Crippen molar-refractivity contribution in [2.75, 3.05) is 28.4 Å². The van der Waals surface area contributed by atoms with Crippen LogP contribution in [0.25, 0.3) is 0 Å². The number of benzene rings is 14. The summed E-state index contributed by atoms with van der Waals surface area (Å²) < 4.78 is 120. The second-order valence-corrected chi connectivity index (χ2v) is 40.5. The van der Waals surface area contributed by atoms with E-state index in [4.69, 9.17) is 87.2 Å². The van der Waals surface area contributed by atoms with Crippen molar-refractivity contribution in [2.45, 2.75) is 65.9 Å². The SMILES string of the molecule is COc1ccccc1C1SC(c2ccc(Cl)cc2)=NN1C(=O)C1CCCCC1.COc1ccccc1C1SC(c2ccc(Cl)cc2)=NN1C(=O)c1c(F)cc(F)cc1F.COc1ccccc1C1SC(c2ccc(Cl)cc2)=NN1C(=O)c1cccc(F)c1.COc1ccccc1C1SC(c2ccc(Cl)cc2)=NN1C(=O)c1ccccc1C.N#Cc1ccccc1C1SC(c2ccc(Cl)cc2)=NN1C(=O)c1c(F)cc(F)cc1F. The fourth-order valence-electron chi connectivity index (χ4n) is 16.2. The van der Waals surface area contributed by atoms with E-state index in [-0.39, 0.29) is 39.6 Å². The Morgan fingerprint density at radius 2 is 0.601 bits per heavy atom. The van der Waals surface area contributed by atoms with Crippen molar-refractivity contribution in [1.82, 2.24) is 25.0 Å². The Balaban J connectivity index is 0.000000132. The van der Waals surface area contributed by atoms with Crippen LogP contribution in [0.4, 0.5) is 30.7 Å². The number of nitrogens with zero attached hydrogens (tertiary/aromatic N) is 11. The van der Waals surface area contributed by atoms with Crippen molar-refractivity contribution in [1.29, 1.82) is 5.26 Å². The molecular weight excluding hydrogens is 2100 g/mol. The van der Waals surface area contributed by atoms with Crippen molar-refractivity contribution in [2.24, 2.45) is 31.4 Å². The second kappa shape index (κ2) is 49.3. The second-order valence-electron chi connectivity index (χ2n) is 33.0. The zero-order chi connectivity index (χ0) is 105. The van der Waals surface area contributed by atoms with Crippen LogP contribution in [-0.4, -0.2) is 108 Å². The summed E-state index contributed by atoms with van der Waals surface area (Å²) >= 11 is 36.8. The highest BCUT2D eigenvalue weighted by molar-refractivity contribution is 8.16. The van der Waals surface area contributed by atoms with Gasteiger partial charge in [-0.25, -0.2) is 55.8 Å². The van der Waals surface area contributed by atoms with Gasteiger partial charge in [0, 0.05) is 122 Å². The first-order valence-corrected chi connectivity index (χ1v) is 51.7. The molecule has 1 saturated carbocycles. The number of ether oxygens (including phenoxy) is 4. The molecule has 0 N–H and O–H groups in total. The van der Waals surface area contributed by atoms with Crippen LogP contribution in [0.1, 0.15) is 167 Å². The number of amides is 5. The molecule has 5 amide bonds. The number of hydrogen-bond donors (Lipinski definition) is 0. The quantitative estimate of drug-likeness (QED) is 0.0686. The van der Waals surface area contributed by atoms with Crippen LogP contribution < -0.4 is 18.9 Å². The van der Waals surface area contributed by atoms with Crippen molar-refractivity contribution < 1.29 is 73.7 Å². The van der Waals surface area contributed by atoms with Gasteiger partial charge >= 0.3 is 0 Å². The number of carbonyl (C=O) groups excluding carboxylic acids is 5. The molecule has 0 radical (unpaired) electrons. The minimum atomic E-state index is -1.34. The topological polar surface area (TPSA) is 224 Å². The lowest BCUT2D eigenvalue weighted by Crippen LogP contribution is -2.33. The van der Waals surface area contributed by atoms with Crippen LogP contribution in [-0.2, 0) is 4.79 Å². The summed E-state index contributed by atoms with van der Waals surface area (Å²) in [6, 6.07) is 89.3. The first-order valence-electron chi connectivity index (χ1n) is 45.4. The molecule has 14 aromatic rings. The maximum Gasteiger partial charge on any atom is 0.281 e. The average Bonchev–Trinajstić information content (AvgIpc) is 1.64. The number of thioether (sulfide) groups is 5. The van der Waals surface area contributed by atoms with Crippen molar-refractivity contribution in [3.05, 3.63) is 470 Å². The number of halogens is 12. The van der Waals surface area contributed by atoms with Gasteiger partial charge in [-0.05, 0) is 141 Å². The molecule has 0 saturated heterocycles. The number of carbonyl (C=O) groups is 5. The molecule has 20 rings (SSSR count). The minimum Gasteiger partial charge on any atom is -0.496 e. The number of methoxy groups -OCH3 is 4. The first kappa shape index (κ1) is 107. The minimum absolute atomic E-state index is 0.0554. The number of nitriles is 1. The Morgan fingerprint density at radius 1 is 0.318 bits per heavy atom. The smallest absolute Gasteiger partial charge is 0.281 e. The van der Waals surface area contributed by atoms with Crippen molar-refractivity contribution >= 4 is 172 Å². The summed E-state index contributed by atoms with van der Waals surface area (Å²) in [5.41, 5.74) is 7.96. The summed E-state index contributed by atoms with van der Waals surface area (Å²) in [7, 11) is 6.35. The van der Waals surface area contributed by atoms with Crippen LogP contribution in [0.3, 0.4) is 0 Å². The molecule has 750 valence electrons. The molecule has 148 heavy (non-hydrogen) atoms. The van der Waals surface area contributed by atoms with Gasteiger partial charge in [-0.15, -0.1) is 0 Å². The van der Waals surface area contributed by atoms with E-state index in [0.29, 0.717) is 104 Å². The van der Waals surface area contributed by atoms with Gasteiger partial charge in [-0.3, -0.25) is 24.0 Å². The van der Waals surface area contributed by atoms with E-state index in [1.807, 2.05) is 171 Å². The van der Waals surface area contributed by atoms with Gasteiger partial charge in [0.05, 0.1) is 40.1 Å². The summed E-state index contributed by atoms with van der Waals surface area (Å²) in [5, 5.41) is 42.1. The Morgan fingerprint density at radius 3 is 0.926 bits per heavy atom. The Hall–Kier alpha value is -13.8. The third-order valence-electron chi connectivity index (χ3n) is 23.5. The molecule has 0 aromatic heterocycles. The van der Waals surface area contributed by atoms with E-state index in [9.17, 15) is 60.0 Å². The summed E-state index contributed by atoms with van der Waals surface area (Å²) in [6.45, 7) is 1.93. The zero-order valence-corrected chi connectivity index (χ0v) is 86.6. The van der Waals surface area contributed by atoms with Crippen molar-refractivity contribution in [3.63, 3.8) is 0 Å². The maximum atomic E-state index is 14.3. The summed E-state index contributed by atoms with van der Waals surface area (Å²) in [4.78, 5) is 66.2. The Kier molecular flexibility index (Phi) is 35.6. The standard InChI is InChI=1S/C23H19ClN2O2S.C22H11ClF3N3OS.C22H14ClF3N2O2S.C22H16ClFN2O2S.C22H23ClN2O2S/c1-15-7-3-4-8-18(15)22(27)26-23(19-9-5-6-10-20(19)28-2)29-21(25-26)16-11-13-17(24)14-12-16;23-14-7-5-12(6-8-14)20-28-29(21(30)19-17(25)9-15(24)10-18(19)26)22(31-20)16-4-2-1-3-13(16)11-27;1-30-18-5-3-2-4-15(18)22-28(21(29)19-16(25)10-14(24)11-17(19)26)27-20(31-22)12-6-8-13(23)9-7-12;1-28-19-8-3-2-7-18(19)22-26(21(27)15-5-4-6-17(24)13-15)25-20(29-22)14-9-11-16(23)12-10-14;1-27-19-10-6-5-9-18(19)22-25(21(26)16-7-3-2-4-8-16)24-20(28-22)15-11-13-17(23)14-12-15/h3-14,23H,1-2H3;1-10,22H;2-11,22H,1H3;2-13,22H,1H3;5-6,9-14,16,22H,2-4,7-8H2,1H3. The molecule has 5 heterocycles. The molecule has 1 aliphatic carbocycles. The number of rotatable bonds is 19. The molecule has 20 nitrogen and oxygen atoms in total. The molecule has 5 unspecified atom stereocenters. The highest BCUT2D eigenvalue weighted by Crippen LogP contribution is 2.52. The Bertz CT molecular complexity index is 7490. The summed E-state index contributed by atoms with van der Waals surface area (Å²) in [5.74, 6) is -7.89. The number of hydrazone groups is 5. The number of aryl methyl sites for hydroxylation is 1. The molecule has 5 atom stereocenters. The van der Waals surface area contributed by atoms with Gasteiger partial charge in [0.25, 0.3) is 23.6 Å². The fraction of sp³-hybridized carbons (Fsp3) is 0.144. The van der Waals surface area contributed by atoms with E-state index in [1.165, 1.54) is 72.0 Å². The Labute approximate surface area is 893 Å². The maximum absolute atomic E-state index is 14.3. The third-order valence-corrected chi connectivity index (χ3v) is 30.9. The molecule has 14 aromatic carbocycles. The largest absolute Gasteiger partial charge is 0.496 e. The lowest BCUT2D eigenvalue weighted by Gasteiger charge is -2.28. The van der Waals surface area contributed by atoms with Crippen LogP contribution in [0.15, 0.2) is 341 Å². The van der Waals surface area contributed by atoms with Gasteiger partial charge in [-0.2, -0.15) is 30.8 Å². The van der Waals surface area contributed by atoms with Crippen LogP contribution in [0.2, 0.25) is 25.1 Å². The fourth-order valence-corrected chi connectivity index (χ4v) is 22.8. The highest BCUT2D eigenvalue weighted by Gasteiger charge is 2.45. The molecule has 37 heteroatoms. The molecular formula is C111H83Cl5F7N11O9S5. The van der Waals surface area contributed by atoms with E-state index >= 15 is 0 Å². The number of hydrogen-bond acceptors (Lipinski definition) is 20. The van der Waals surface area contributed by atoms with Gasteiger partial charge in [-0.1, -0.05) is 312 Å². The molecule has 1 fully saturated rings. The van der Waals surface area contributed by atoms with Crippen LogP contribution in [0, 0.1) is 64.9 Å². The van der Waals surface area contributed by atoms with Gasteiger partial charge in [0.1, 0.15) is 127 Å². The van der Waals surface area contributed by atoms with Gasteiger partial charge in [0.15, 0.2) is 0 Å². The molecule has 5 aliphatic heterocycles. The lowest BCUT2D eigenvalue weighted by molar-refractivity contribution is -0.137. The third kappa shape index (κ3) is 24.9. The predicted molar refractivity (Wildman–Crippen MR) is 573 cm³/mol. The number of para-hydroxylation sites is 4. The molecule has 0 bridgehead atoms. The van der Waals surface area contributed by atoms with Crippen LogP contribution >= 0.6 is 117 Å². The van der Waals surface area contributed by atoms with E-state index in [2.05, 4.69) is 15.3 Å². The molecule has 6 aliphatic rings. The summed E-state index contributed by atoms with van der Waals surface area (Å²) in [6.07, 6.45) is 5.34. The van der Waals surface area contributed by atoms with Gasteiger partial charge < -0.3 is 18.9 Å². The van der Waals surface area contributed by atoms with E-state index < -0.39 is 85.7 Å². The zero-order valence-electron chi connectivity index (χ0n) is 78.7. The van der Waals surface area contributed by atoms with E-state index in [0.717, 1.165) is 108 Å². The average molecular weight is 2190 g/mol. The molecule has 0 spiro atoms. The van der Waals surface area contributed by atoms with Crippen molar-refractivity contribution in [3.8, 4) is 29.1 Å². The lowest BCUT2D eigenvalue weighted by atomic mass is 9.88. The van der Waals surface area contributed by atoms with E-state index in [1.54, 1.807) is 158 Å². The van der Waals surface area contributed by atoms with Gasteiger partial charge in [0.2, 0.25) is 5.91 Å². The monoisotopic (exact) mass is 2180 g/mol. The predicted octanol–water partition coefficient (Wildman–Crippen LogP) is 29.4. The normalized spacial score (nSPS) is 16.6. The highest BCUT2D eigenvalue weighted by atomic mass is 35.5. The van der Waals surface area contributed by atoms with Crippen LogP contribution in [0.5, 0.6) is 23.0 Å². The first-order chi connectivity index (χ1) is 71.6.